The molecule has 1 fully saturated rings. The summed E-state index contributed by atoms with van der Waals surface area (Å²) in [5, 5.41) is 6.10. The van der Waals surface area contributed by atoms with Crippen molar-refractivity contribution in [1.82, 2.24) is 5.32 Å². The normalized spacial score (nSPS) is 14.9. The first-order chi connectivity index (χ1) is 8.34. The van der Waals surface area contributed by atoms with Gasteiger partial charge in [0.2, 0.25) is 5.91 Å². The second-order valence-electron chi connectivity index (χ2n) is 4.67. The summed E-state index contributed by atoms with van der Waals surface area (Å²) < 4.78 is 0. The maximum absolute atomic E-state index is 11.6. The number of rotatable bonds is 5. The Morgan fingerprint density at radius 1 is 1.17 bits per heavy atom. The second kappa shape index (κ2) is 7.98. The molecule has 1 saturated carbocycles. The van der Waals surface area contributed by atoms with E-state index >= 15 is 0 Å². The Hall–Kier alpha value is -1.22. The third-order valence-corrected chi connectivity index (χ3v) is 3.29. The number of carbonyl (C=O) groups is 1. The van der Waals surface area contributed by atoms with E-state index in [4.69, 9.17) is 0 Å². The van der Waals surface area contributed by atoms with E-state index in [0.717, 1.165) is 12.2 Å². The second-order valence-corrected chi connectivity index (χ2v) is 4.67. The summed E-state index contributed by atoms with van der Waals surface area (Å²) in [6.45, 7) is 1.20. The van der Waals surface area contributed by atoms with Crippen molar-refractivity contribution in [2.45, 2.75) is 25.7 Å². The van der Waals surface area contributed by atoms with Crippen LogP contribution in [0.5, 0.6) is 0 Å². The van der Waals surface area contributed by atoms with Gasteiger partial charge in [0.25, 0.3) is 0 Å². The Bertz CT molecular complexity index is 350. The van der Waals surface area contributed by atoms with Gasteiger partial charge in [-0.15, -0.1) is 12.4 Å². The first-order valence-electron chi connectivity index (χ1n) is 6.40. The Labute approximate surface area is 115 Å². The van der Waals surface area contributed by atoms with Gasteiger partial charge in [-0.05, 0) is 30.9 Å². The maximum Gasteiger partial charge on any atom is 0.239 e. The molecule has 0 aromatic heterocycles. The number of halogens is 1. The highest BCUT2D eigenvalue weighted by Gasteiger charge is 2.15. The number of benzene rings is 1. The maximum atomic E-state index is 11.6. The molecular formula is C14H21ClN2O. The summed E-state index contributed by atoms with van der Waals surface area (Å²) in [5.41, 5.74) is 0.989. The average Bonchev–Trinajstić information content (AvgIpc) is 2.88. The zero-order chi connectivity index (χ0) is 11.9. The number of hydrogen-bond donors (Lipinski definition) is 2. The molecular weight excluding hydrogens is 248 g/mol. The van der Waals surface area contributed by atoms with Gasteiger partial charge < -0.3 is 10.6 Å². The molecule has 0 heterocycles. The standard InChI is InChI=1S/C14H20N2O.ClH/c17-14(16-10-12-6-4-5-7-12)11-15-13-8-2-1-3-9-13;/h1-3,8-9,12,15H,4-7,10-11H2,(H,16,17);1H. The highest BCUT2D eigenvalue weighted by atomic mass is 35.5. The monoisotopic (exact) mass is 268 g/mol. The van der Waals surface area contributed by atoms with Gasteiger partial charge >= 0.3 is 0 Å². The highest BCUT2D eigenvalue weighted by Crippen LogP contribution is 2.23. The minimum absolute atomic E-state index is 0. The molecule has 1 amide bonds. The van der Waals surface area contributed by atoms with E-state index < -0.39 is 0 Å². The van der Waals surface area contributed by atoms with Gasteiger partial charge in [-0.25, -0.2) is 0 Å². The molecule has 1 aliphatic carbocycles. The minimum atomic E-state index is 0. The highest BCUT2D eigenvalue weighted by molar-refractivity contribution is 5.85. The van der Waals surface area contributed by atoms with Crippen molar-refractivity contribution >= 4 is 24.0 Å². The molecule has 0 unspecified atom stereocenters. The quantitative estimate of drug-likeness (QED) is 0.862. The number of para-hydroxylation sites is 1. The van der Waals surface area contributed by atoms with Gasteiger partial charge in [-0.3, -0.25) is 4.79 Å². The lowest BCUT2D eigenvalue weighted by molar-refractivity contribution is -0.119. The SMILES string of the molecule is Cl.O=C(CNc1ccccc1)NCC1CCCC1. The molecule has 1 aromatic rings. The third kappa shape index (κ3) is 4.96. The molecule has 100 valence electrons. The lowest BCUT2D eigenvalue weighted by atomic mass is 10.1. The summed E-state index contributed by atoms with van der Waals surface area (Å²) in [5.74, 6) is 0.788. The molecule has 0 bridgehead atoms. The van der Waals surface area contributed by atoms with Crippen LogP contribution in [0.15, 0.2) is 30.3 Å². The van der Waals surface area contributed by atoms with Crippen LogP contribution < -0.4 is 10.6 Å². The number of carbonyl (C=O) groups excluding carboxylic acids is 1. The van der Waals surface area contributed by atoms with Gasteiger partial charge in [0.1, 0.15) is 0 Å². The van der Waals surface area contributed by atoms with E-state index in [1.165, 1.54) is 25.7 Å². The van der Waals surface area contributed by atoms with E-state index in [1.54, 1.807) is 0 Å². The Kier molecular flexibility index (Phi) is 6.58. The number of anilines is 1. The first-order valence-corrected chi connectivity index (χ1v) is 6.40. The molecule has 0 spiro atoms. The molecule has 0 atom stereocenters. The fourth-order valence-electron chi connectivity index (χ4n) is 2.27. The predicted molar refractivity (Wildman–Crippen MR) is 77.1 cm³/mol. The van der Waals surface area contributed by atoms with Crippen LogP contribution in [0, 0.1) is 5.92 Å². The van der Waals surface area contributed by atoms with Gasteiger partial charge in [-0.1, -0.05) is 31.0 Å². The first kappa shape index (κ1) is 14.8. The van der Waals surface area contributed by atoms with Gasteiger partial charge in [0.15, 0.2) is 0 Å². The zero-order valence-electron chi connectivity index (χ0n) is 10.5. The third-order valence-electron chi connectivity index (χ3n) is 3.29. The van der Waals surface area contributed by atoms with Crippen molar-refractivity contribution in [3.63, 3.8) is 0 Å². The topological polar surface area (TPSA) is 41.1 Å². The largest absolute Gasteiger partial charge is 0.376 e. The Morgan fingerprint density at radius 2 is 1.83 bits per heavy atom. The molecule has 0 radical (unpaired) electrons. The van der Waals surface area contributed by atoms with Gasteiger partial charge in [0, 0.05) is 12.2 Å². The van der Waals surface area contributed by atoms with Gasteiger partial charge in [-0.2, -0.15) is 0 Å². The predicted octanol–water partition coefficient (Wildman–Crippen LogP) is 2.83. The molecule has 18 heavy (non-hydrogen) atoms. The van der Waals surface area contributed by atoms with E-state index in [1.807, 2.05) is 30.3 Å². The zero-order valence-corrected chi connectivity index (χ0v) is 11.3. The van der Waals surface area contributed by atoms with Crippen molar-refractivity contribution < 1.29 is 4.79 Å². The van der Waals surface area contributed by atoms with E-state index in [0.29, 0.717) is 12.5 Å². The van der Waals surface area contributed by atoms with Crippen LogP contribution >= 0.6 is 12.4 Å². The fraction of sp³-hybridized carbons (Fsp3) is 0.500. The molecule has 0 saturated heterocycles. The van der Waals surface area contributed by atoms with E-state index in [9.17, 15) is 4.79 Å². The minimum Gasteiger partial charge on any atom is -0.376 e. The molecule has 1 aromatic carbocycles. The molecule has 2 N–H and O–H groups in total. The van der Waals surface area contributed by atoms with Crippen LogP contribution in [0.2, 0.25) is 0 Å². The van der Waals surface area contributed by atoms with E-state index in [-0.39, 0.29) is 18.3 Å². The summed E-state index contributed by atoms with van der Waals surface area (Å²) >= 11 is 0. The van der Waals surface area contributed by atoms with Crippen LogP contribution in [-0.2, 0) is 4.79 Å². The summed E-state index contributed by atoms with van der Waals surface area (Å²) in [6.07, 6.45) is 5.18. The van der Waals surface area contributed by atoms with Crippen LogP contribution in [0.25, 0.3) is 0 Å². The Morgan fingerprint density at radius 3 is 2.50 bits per heavy atom. The number of amides is 1. The fourth-order valence-corrected chi connectivity index (χ4v) is 2.27. The van der Waals surface area contributed by atoms with Gasteiger partial charge in [0.05, 0.1) is 6.54 Å². The lowest BCUT2D eigenvalue weighted by Gasteiger charge is -2.11. The van der Waals surface area contributed by atoms with Crippen molar-refractivity contribution in [2.75, 3.05) is 18.4 Å². The summed E-state index contributed by atoms with van der Waals surface area (Å²) in [4.78, 5) is 11.6. The molecule has 0 aliphatic heterocycles. The molecule has 2 rings (SSSR count). The van der Waals surface area contributed by atoms with Crippen molar-refractivity contribution in [1.29, 1.82) is 0 Å². The van der Waals surface area contributed by atoms with Crippen LogP contribution in [0.3, 0.4) is 0 Å². The average molecular weight is 269 g/mol. The smallest absolute Gasteiger partial charge is 0.239 e. The summed E-state index contributed by atoms with van der Waals surface area (Å²) in [7, 11) is 0. The molecule has 4 heteroatoms. The lowest BCUT2D eigenvalue weighted by Crippen LogP contribution is -2.33. The van der Waals surface area contributed by atoms with Crippen LogP contribution in [0.4, 0.5) is 5.69 Å². The van der Waals surface area contributed by atoms with Crippen molar-refractivity contribution in [2.24, 2.45) is 5.92 Å². The molecule has 1 aliphatic rings. The van der Waals surface area contributed by atoms with E-state index in [2.05, 4.69) is 10.6 Å². The number of nitrogens with one attached hydrogen (secondary N) is 2. The van der Waals surface area contributed by atoms with Crippen molar-refractivity contribution in [3.05, 3.63) is 30.3 Å². The number of hydrogen-bond acceptors (Lipinski definition) is 2. The van der Waals surface area contributed by atoms with Crippen LogP contribution in [-0.4, -0.2) is 19.0 Å². The Balaban J connectivity index is 0.00000162. The molecule has 3 nitrogen and oxygen atoms in total. The van der Waals surface area contributed by atoms with Crippen LogP contribution in [0.1, 0.15) is 25.7 Å². The summed E-state index contributed by atoms with van der Waals surface area (Å²) in [6, 6.07) is 9.80. The van der Waals surface area contributed by atoms with Crippen molar-refractivity contribution in [3.8, 4) is 0 Å².